The number of hydrogen-bond donors (Lipinski definition) is 0. The molecule has 1 unspecified atom stereocenters. The van der Waals surface area contributed by atoms with Crippen molar-refractivity contribution in [1.29, 1.82) is 0 Å². The van der Waals surface area contributed by atoms with Gasteiger partial charge in [-0.1, -0.05) is 32.9 Å². The monoisotopic (exact) mass is 206 g/mol. The summed E-state index contributed by atoms with van der Waals surface area (Å²) in [6, 6.07) is 7.06. The van der Waals surface area contributed by atoms with E-state index in [1.165, 1.54) is 18.4 Å². The Morgan fingerprint density at radius 3 is 2.07 bits per heavy atom. The van der Waals surface area contributed by atoms with Crippen molar-refractivity contribution >= 4 is 0 Å². The molecule has 1 fully saturated rings. The number of halogens is 1. The van der Waals surface area contributed by atoms with Gasteiger partial charge in [0, 0.05) is 0 Å². The normalized spacial score (nSPS) is 18.9. The van der Waals surface area contributed by atoms with Crippen LogP contribution < -0.4 is 0 Å². The van der Waals surface area contributed by atoms with Gasteiger partial charge in [0.15, 0.2) is 0 Å². The lowest BCUT2D eigenvalue weighted by atomic mass is 9.73. The van der Waals surface area contributed by atoms with Crippen LogP contribution in [0.5, 0.6) is 0 Å². The molecule has 0 N–H and O–H groups in total. The molecule has 2 rings (SSSR count). The van der Waals surface area contributed by atoms with Crippen molar-refractivity contribution in [2.75, 3.05) is 0 Å². The zero-order valence-electron chi connectivity index (χ0n) is 9.76. The smallest absolute Gasteiger partial charge is 0.123 e. The van der Waals surface area contributed by atoms with Crippen molar-refractivity contribution in [2.45, 2.75) is 39.5 Å². The molecule has 1 atom stereocenters. The summed E-state index contributed by atoms with van der Waals surface area (Å²) in [4.78, 5) is 0. The van der Waals surface area contributed by atoms with Crippen LogP contribution in [0.2, 0.25) is 0 Å². The second-order valence-corrected chi connectivity index (χ2v) is 5.73. The molecule has 15 heavy (non-hydrogen) atoms. The fourth-order valence-electron chi connectivity index (χ4n) is 2.58. The second-order valence-electron chi connectivity index (χ2n) is 5.73. The second kappa shape index (κ2) is 3.62. The number of hydrogen-bond acceptors (Lipinski definition) is 0. The summed E-state index contributed by atoms with van der Waals surface area (Å²) in [5, 5.41) is 0. The van der Waals surface area contributed by atoms with E-state index < -0.39 is 0 Å². The van der Waals surface area contributed by atoms with Gasteiger partial charge in [-0.15, -0.1) is 0 Å². The Kier molecular flexibility index (Phi) is 2.57. The van der Waals surface area contributed by atoms with Gasteiger partial charge in [0.05, 0.1) is 0 Å². The van der Waals surface area contributed by atoms with E-state index in [2.05, 4.69) is 20.8 Å². The van der Waals surface area contributed by atoms with Crippen LogP contribution in [0.4, 0.5) is 4.39 Å². The quantitative estimate of drug-likeness (QED) is 0.674. The van der Waals surface area contributed by atoms with Crippen molar-refractivity contribution in [2.24, 2.45) is 11.3 Å². The van der Waals surface area contributed by atoms with Crippen LogP contribution >= 0.6 is 0 Å². The van der Waals surface area contributed by atoms with Crippen molar-refractivity contribution in [3.05, 3.63) is 35.6 Å². The first kappa shape index (κ1) is 10.7. The molecule has 1 aromatic carbocycles. The molecular weight excluding hydrogens is 187 g/mol. The third-order valence-electron chi connectivity index (χ3n) is 3.26. The Balaban J connectivity index is 2.28. The summed E-state index contributed by atoms with van der Waals surface area (Å²) in [5.41, 5.74) is 1.57. The van der Waals surface area contributed by atoms with E-state index in [-0.39, 0.29) is 11.2 Å². The fraction of sp³-hybridized carbons (Fsp3) is 0.571. The molecule has 1 heteroatoms. The third kappa shape index (κ3) is 2.39. The minimum atomic E-state index is -0.137. The van der Waals surface area contributed by atoms with E-state index in [0.29, 0.717) is 5.92 Å². The van der Waals surface area contributed by atoms with Gasteiger partial charge in [0.2, 0.25) is 0 Å². The predicted molar refractivity (Wildman–Crippen MR) is 61.3 cm³/mol. The Morgan fingerprint density at radius 2 is 1.67 bits per heavy atom. The maximum atomic E-state index is 12.9. The Morgan fingerprint density at radius 1 is 1.13 bits per heavy atom. The first-order valence-electron chi connectivity index (χ1n) is 5.74. The van der Waals surface area contributed by atoms with Gasteiger partial charge in [-0.2, -0.15) is 0 Å². The van der Waals surface area contributed by atoms with Gasteiger partial charge in [0.1, 0.15) is 5.82 Å². The van der Waals surface area contributed by atoms with Gasteiger partial charge < -0.3 is 0 Å². The van der Waals surface area contributed by atoms with Crippen LogP contribution in [0.25, 0.3) is 0 Å². The van der Waals surface area contributed by atoms with Gasteiger partial charge >= 0.3 is 0 Å². The fourth-order valence-corrected chi connectivity index (χ4v) is 2.58. The highest BCUT2D eigenvalue weighted by Crippen LogP contribution is 2.51. The molecular formula is C14H19F. The summed E-state index contributed by atoms with van der Waals surface area (Å²) >= 11 is 0. The highest BCUT2D eigenvalue weighted by molar-refractivity contribution is 5.24. The van der Waals surface area contributed by atoms with Crippen LogP contribution in [0.15, 0.2) is 24.3 Å². The molecule has 0 amide bonds. The van der Waals surface area contributed by atoms with E-state index in [1.54, 1.807) is 12.1 Å². The van der Waals surface area contributed by atoms with Crippen LogP contribution in [-0.2, 0) is 0 Å². The summed E-state index contributed by atoms with van der Waals surface area (Å²) in [6.07, 6.45) is 2.67. The summed E-state index contributed by atoms with van der Waals surface area (Å²) in [7, 11) is 0. The zero-order valence-corrected chi connectivity index (χ0v) is 9.76. The maximum Gasteiger partial charge on any atom is 0.123 e. The molecule has 0 heterocycles. The molecule has 0 nitrogen and oxygen atoms in total. The highest BCUT2D eigenvalue weighted by Gasteiger charge is 2.39. The summed E-state index contributed by atoms with van der Waals surface area (Å²) < 4.78 is 12.9. The van der Waals surface area contributed by atoms with Crippen molar-refractivity contribution in [1.82, 2.24) is 0 Å². The van der Waals surface area contributed by atoms with E-state index in [4.69, 9.17) is 0 Å². The van der Waals surface area contributed by atoms with E-state index in [0.717, 1.165) is 5.92 Å². The van der Waals surface area contributed by atoms with Gasteiger partial charge in [0.25, 0.3) is 0 Å². The van der Waals surface area contributed by atoms with Crippen LogP contribution in [0, 0.1) is 17.2 Å². The highest BCUT2D eigenvalue weighted by atomic mass is 19.1. The van der Waals surface area contributed by atoms with E-state index in [1.807, 2.05) is 12.1 Å². The topological polar surface area (TPSA) is 0 Å². The zero-order chi connectivity index (χ0) is 11.1. The maximum absolute atomic E-state index is 12.9. The Labute approximate surface area is 91.5 Å². The minimum Gasteiger partial charge on any atom is -0.207 e. The molecule has 1 aromatic rings. The molecule has 0 radical (unpaired) electrons. The van der Waals surface area contributed by atoms with Crippen LogP contribution in [0.3, 0.4) is 0 Å². The molecule has 0 saturated heterocycles. The molecule has 0 bridgehead atoms. The first-order valence-corrected chi connectivity index (χ1v) is 5.74. The third-order valence-corrected chi connectivity index (χ3v) is 3.26. The largest absolute Gasteiger partial charge is 0.207 e. The molecule has 0 aliphatic heterocycles. The molecule has 82 valence electrons. The van der Waals surface area contributed by atoms with Gasteiger partial charge in [-0.3, -0.25) is 0 Å². The van der Waals surface area contributed by atoms with E-state index >= 15 is 0 Å². The molecule has 1 saturated carbocycles. The lowest BCUT2D eigenvalue weighted by Gasteiger charge is -2.31. The lowest BCUT2D eigenvalue weighted by molar-refractivity contribution is 0.291. The van der Waals surface area contributed by atoms with Crippen molar-refractivity contribution in [3.63, 3.8) is 0 Å². The standard InChI is InChI=1S/C14H19F/c1-14(2,3)13(10-4-5-10)11-6-8-12(15)9-7-11/h6-10,13H,4-5H2,1-3H3. The average Bonchev–Trinajstić information content (AvgIpc) is 2.90. The van der Waals surface area contributed by atoms with E-state index in [9.17, 15) is 4.39 Å². The molecule has 1 aliphatic carbocycles. The summed E-state index contributed by atoms with van der Waals surface area (Å²) in [6.45, 7) is 6.83. The van der Waals surface area contributed by atoms with Crippen molar-refractivity contribution in [3.8, 4) is 0 Å². The summed E-state index contributed by atoms with van der Waals surface area (Å²) in [5.74, 6) is 1.26. The van der Waals surface area contributed by atoms with Crippen LogP contribution in [0.1, 0.15) is 45.1 Å². The Bertz CT molecular complexity index is 327. The van der Waals surface area contributed by atoms with Crippen LogP contribution in [-0.4, -0.2) is 0 Å². The minimum absolute atomic E-state index is 0.137. The number of benzene rings is 1. The van der Waals surface area contributed by atoms with Gasteiger partial charge in [-0.05, 0) is 47.8 Å². The Hall–Kier alpha value is -0.850. The van der Waals surface area contributed by atoms with Crippen molar-refractivity contribution < 1.29 is 4.39 Å². The lowest BCUT2D eigenvalue weighted by Crippen LogP contribution is -2.20. The predicted octanol–water partition coefficient (Wildman–Crippen LogP) is 4.37. The number of rotatable bonds is 2. The average molecular weight is 206 g/mol. The molecule has 0 aromatic heterocycles. The van der Waals surface area contributed by atoms with Gasteiger partial charge in [-0.25, -0.2) is 4.39 Å². The molecule has 1 aliphatic rings. The SMILES string of the molecule is CC(C)(C)C(c1ccc(F)cc1)C1CC1. The first-order chi connectivity index (χ1) is 6.98. The molecule has 0 spiro atoms.